The van der Waals surface area contributed by atoms with Crippen molar-refractivity contribution in [1.29, 1.82) is 0 Å². The van der Waals surface area contributed by atoms with Gasteiger partial charge in [-0.15, -0.1) is 0 Å². The summed E-state index contributed by atoms with van der Waals surface area (Å²) >= 11 is 0. The lowest BCUT2D eigenvalue weighted by Crippen LogP contribution is -2.58. The highest BCUT2D eigenvalue weighted by Gasteiger charge is 2.30. The number of rotatable bonds is 6. The average molecular weight is 283 g/mol. The number of nitrogens with one attached hydrogen (secondary N) is 1. The molecule has 0 bridgehead atoms. The molecule has 0 aromatic carbocycles. The molecule has 0 aliphatic carbocycles. The number of nitrogens with zero attached hydrogens (tertiary/aromatic N) is 1. The van der Waals surface area contributed by atoms with Crippen molar-refractivity contribution in [3.05, 3.63) is 0 Å². The summed E-state index contributed by atoms with van der Waals surface area (Å²) in [7, 11) is 0. The fraction of sp³-hybridized carbons (Fsp3) is 1.00. The van der Waals surface area contributed by atoms with E-state index in [1.54, 1.807) is 0 Å². The first-order chi connectivity index (χ1) is 9.23. The molecule has 1 N–H and O–H groups in total. The van der Waals surface area contributed by atoms with Crippen molar-refractivity contribution in [2.45, 2.75) is 79.8 Å². The molecule has 20 heavy (non-hydrogen) atoms. The van der Waals surface area contributed by atoms with Gasteiger partial charge in [0.25, 0.3) is 0 Å². The molecule has 1 saturated heterocycles. The van der Waals surface area contributed by atoms with E-state index in [-0.39, 0.29) is 0 Å². The van der Waals surface area contributed by atoms with Crippen LogP contribution in [0.3, 0.4) is 0 Å². The summed E-state index contributed by atoms with van der Waals surface area (Å²) in [4.78, 5) is 2.78. The lowest BCUT2D eigenvalue weighted by Gasteiger charge is -2.44. The van der Waals surface area contributed by atoms with Crippen LogP contribution in [-0.4, -0.2) is 36.6 Å². The van der Waals surface area contributed by atoms with E-state index in [0.29, 0.717) is 11.5 Å². The van der Waals surface area contributed by atoms with Gasteiger partial charge in [0.05, 0.1) is 0 Å². The van der Waals surface area contributed by atoms with Gasteiger partial charge in [0.1, 0.15) is 0 Å². The molecule has 3 unspecified atom stereocenters. The standard InChI is InChI=1S/C18H38N2/c1-8-15(4)17-13-20(10-9-18(5,6)7)16(12-19-17)11-14(2)3/h14-17,19H,8-13H2,1-7H3. The van der Waals surface area contributed by atoms with Gasteiger partial charge < -0.3 is 5.32 Å². The van der Waals surface area contributed by atoms with Crippen LogP contribution in [0.1, 0.15) is 67.7 Å². The highest BCUT2D eigenvalue weighted by Crippen LogP contribution is 2.24. The van der Waals surface area contributed by atoms with E-state index in [1.165, 1.54) is 38.9 Å². The van der Waals surface area contributed by atoms with E-state index in [1.807, 2.05) is 0 Å². The topological polar surface area (TPSA) is 15.3 Å². The Balaban J connectivity index is 2.62. The minimum Gasteiger partial charge on any atom is -0.311 e. The van der Waals surface area contributed by atoms with Crippen molar-refractivity contribution < 1.29 is 0 Å². The van der Waals surface area contributed by atoms with Crippen molar-refractivity contribution in [2.75, 3.05) is 19.6 Å². The molecule has 1 heterocycles. The first kappa shape index (κ1) is 18.0. The van der Waals surface area contributed by atoms with Crippen molar-refractivity contribution in [3.8, 4) is 0 Å². The van der Waals surface area contributed by atoms with Crippen LogP contribution in [-0.2, 0) is 0 Å². The number of hydrogen-bond acceptors (Lipinski definition) is 2. The van der Waals surface area contributed by atoms with E-state index in [9.17, 15) is 0 Å². The van der Waals surface area contributed by atoms with E-state index in [4.69, 9.17) is 0 Å². The molecule has 1 aliphatic rings. The van der Waals surface area contributed by atoms with E-state index < -0.39 is 0 Å². The summed E-state index contributed by atoms with van der Waals surface area (Å²) in [6, 6.07) is 1.42. The van der Waals surface area contributed by atoms with Crippen molar-refractivity contribution in [1.82, 2.24) is 10.2 Å². The fourth-order valence-electron chi connectivity index (χ4n) is 3.08. The SMILES string of the molecule is CCC(C)C1CN(CCC(C)(C)C)C(CC(C)C)CN1. The smallest absolute Gasteiger partial charge is 0.0223 e. The van der Waals surface area contributed by atoms with Gasteiger partial charge in [-0.3, -0.25) is 4.90 Å². The first-order valence-corrected chi connectivity index (χ1v) is 8.70. The second-order valence-electron chi connectivity index (χ2n) is 8.49. The number of piperazine rings is 1. The Morgan fingerprint density at radius 2 is 1.85 bits per heavy atom. The van der Waals surface area contributed by atoms with E-state index >= 15 is 0 Å². The Hall–Kier alpha value is -0.0800. The molecule has 1 fully saturated rings. The Labute approximate surface area is 127 Å². The van der Waals surface area contributed by atoms with Crippen molar-refractivity contribution >= 4 is 0 Å². The van der Waals surface area contributed by atoms with Crippen LogP contribution in [0.4, 0.5) is 0 Å². The van der Waals surface area contributed by atoms with Gasteiger partial charge in [-0.25, -0.2) is 0 Å². The summed E-state index contributed by atoms with van der Waals surface area (Å²) in [6.07, 6.45) is 3.90. The molecule has 0 spiro atoms. The Morgan fingerprint density at radius 3 is 2.35 bits per heavy atom. The van der Waals surface area contributed by atoms with Crippen molar-refractivity contribution in [2.24, 2.45) is 17.3 Å². The average Bonchev–Trinajstić information content (AvgIpc) is 2.35. The van der Waals surface area contributed by atoms with Crippen LogP contribution in [0.5, 0.6) is 0 Å². The minimum absolute atomic E-state index is 0.444. The van der Waals surface area contributed by atoms with Gasteiger partial charge in [-0.1, -0.05) is 54.9 Å². The second kappa shape index (κ2) is 7.79. The molecule has 0 aromatic rings. The summed E-state index contributed by atoms with van der Waals surface area (Å²) < 4.78 is 0. The predicted octanol–water partition coefficient (Wildman–Crippen LogP) is 4.16. The molecule has 2 nitrogen and oxygen atoms in total. The number of hydrogen-bond donors (Lipinski definition) is 1. The predicted molar refractivity (Wildman–Crippen MR) is 90.1 cm³/mol. The van der Waals surface area contributed by atoms with Crippen LogP contribution in [0.25, 0.3) is 0 Å². The molecular formula is C18H38N2. The normalized spacial score (nSPS) is 27.0. The van der Waals surface area contributed by atoms with Crippen LogP contribution in [0.2, 0.25) is 0 Å². The molecule has 0 aromatic heterocycles. The zero-order chi connectivity index (χ0) is 15.3. The third kappa shape index (κ3) is 6.13. The van der Waals surface area contributed by atoms with Gasteiger partial charge >= 0.3 is 0 Å². The lowest BCUT2D eigenvalue weighted by atomic mass is 9.89. The van der Waals surface area contributed by atoms with Gasteiger partial charge in [0.2, 0.25) is 0 Å². The molecule has 2 heteroatoms. The fourth-order valence-corrected chi connectivity index (χ4v) is 3.08. The third-order valence-electron chi connectivity index (χ3n) is 4.79. The zero-order valence-electron chi connectivity index (χ0n) is 15.0. The van der Waals surface area contributed by atoms with Gasteiger partial charge in [0.15, 0.2) is 0 Å². The first-order valence-electron chi connectivity index (χ1n) is 8.70. The minimum atomic E-state index is 0.444. The quantitative estimate of drug-likeness (QED) is 0.787. The van der Waals surface area contributed by atoms with Crippen LogP contribution >= 0.6 is 0 Å². The summed E-state index contributed by atoms with van der Waals surface area (Å²) in [5, 5.41) is 3.81. The molecule has 1 aliphatic heterocycles. The van der Waals surface area contributed by atoms with Crippen molar-refractivity contribution in [3.63, 3.8) is 0 Å². The Bertz CT molecular complexity index is 267. The molecular weight excluding hydrogens is 244 g/mol. The van der Waals surface area contributed by atoms with Crippen LogP contribution in [0.15, 0.2) is 0 Å². The molecule has 0 amide bonds. The molecule has 0 saturated carbocycles. The maximum absolute atomic E-state index is 3.81. The Morgan fingerprint density at radius 1 is 1.20 bits per heavy atom. The van der Waals surface area contributed by atoms with Crippen LogP contribution < -0.4 is 5.32 Å². The largest absolute Gasteiger partial charge is 0.311 e. The van der Waals surface area contributed by atoms with Gasteiger partial charge in [-0.05, 0) is 36.6 Å². The molecule has 0 radical (unpaired) electrons. The van der Waals surface area contributed by atoms with Gasteiger partial charge in [-0.2, -0.15) is 0 Å². The Kier molecular flexibility index (Phi) is 7.00. The van der Waals surface area contributed by atoms with Crippen LogP contribution in [0, 0.1) is 17.3 Å². The monoisotopic (exact) mass is 282 g/mol. The summed E-state index contributed by atoms with van der Waals surface area (Å²) in [5.74, 6) is 1.58. The maximum Gasteiger partial charge on any atom is 0.0223 e. The third-order valence-corrected chi connectivity index (χ3v) is 4.79. The molecule has 1 rings (SSSR count). The van der Waals surface area contributed by atoms with E-state index in [2.05, 4.69) is 58.7 Å². The summed E-state index contributed by atoms with van der Waals surface area (Å²) in [5.41, 5.74) is 0.444. The zero-order valence-corrected chi connectivity index (χ0v) is 15.0. The summed E-state index contributed by atoms with van der Waals surface area (Å²) in [6.45, 7) is 20.2. The highest BCUT2D eigenvalue weighted by molar-refractivity contribution is 4.89. The highest BCUT2D eigenvalue weighted by atomic mass is 15.2. The second-order valence-corrected chi connectivity index (χ2v) is 8.49. The maximum atomic E-state index is 3.81. The van der Waals surface area contributed by atoms with Gasteiger partial charge in [0, 0.05) is 25.2 Å². The lowest BCUT2D eigenvalue weighted by molar-refractivity contribution is 0.0846. The van der Waals surface area contributed by atoms with E-state index in [0.717, 1.165) is 17.9 Å². The molecule has 3 atom stereocenters. The molecule has 120 valence electrons.